The minimum Gasteiger partial charge on any atom is -0.465 e. The van der Waals surface area contributed by atoms with Gasteiger partial charge in [-0.3, -0.25) is 4.98 Å². The predicted octanol–water partition coefficient (Wildman–Crippen LogP) is 1.02. The SMILES string of the molecule is O=C(O)N1CC[C@@H]2[C@H]1CN2c1cccnc1. The number of hydrogen-bond acceptors (Lipinski definition) is 3. The number of aromatic nitrogens is 1. The number of likely N-dealkylation sites (tertiary alicyclic amines) is 1. The minimum absolute atomic E-state index is 0.178. The van der Waals surface area contributed by atoms with Crippen LogP contribution in [0.5, 0.6) is 0 Å². The molecule has 2 fully saturated rings. The summed E-state index contributed by atoms with van der Waals surface area (Å²) in [6.45, 7) is 1.45. The summed E-state index contributed by atoms with van der Waals surface area (Å²) in [6.07, 6.45) is 3.71. The molecule has 2 aliphatic heterocycles. The molecule has 0 bridgehead atoms. The number of fused-ring (bicyclic) bond motifs is 1. The largest absolute Gasteiger partial charge is 0.465 e. The van der Waals surface area contributed by atoms with Crippen molar-refractivity contribution in [2.45, 2.75) is 18.5 Å². The van der Waals surface area contributed by atoms with Gasteiger partial charge >= 0.3 is 6.09 Å². The second-order valence-corrected chi connectivity index (χ2v) is 4.26. The van der Waals surface area contributed by atoms with Crippen molar-refractivity contribution in [3.05, 3.63) is 24.5 Å². The molecule has 0 aromatic carbocycles. The first kappa shape index (κ1) is 9.45. The predicted molar refractivity (Wildman–Crippen MR) is 58.5 cm³/mol. The van der Waals surface area contributed by atoms with E-state index in [0.29, 0.717) is 12.6 Å². The molecule has 2 saturated heterocycles. The van der Waals surface area contributed by atoms with Gasteiger partial charge in [0.05, 0.1) is 24.0 Å². The molecule has 2 aliphatic rings. The Hall–Kier alpha value is -1.78. The van der Waals surface area contributed by atoms with Gasteiger partial charge in [-0.2, -0.15) is 0 Å². The standard InChI is InChI=1S/C11H13N3O2/c15-11(16)13-5-3-9-10(13)7-14(9)8-2-1-4-12-6-8/h1-2,4,6,9-10H,3,5,7H2,(H,15,16)/t9-,10-/m1/s1. The van der Waals surface area contributed by atoms with Crippen LogP contribution in [0.15, 0.2) is 24.5 Å². The molecule has 2 atom stereocenters. The highest BCUT2D eigenvalue weighted by Crippen LogP contribution is 2.35. The highest BCUT2D eigenvalue weighted by molar-refractivity contribution is 5.68. The second-order valence-electron chi connectivity index (χ2n) is 4.26. The summed E-state index contributed by atoms with van der Waals surface area (Å²) < 4.78 is 0. The summed E-state index contributed by atoms with van der Waals surface area (Å²) in [5.74, 6) is 0. The number of nitrogens with zero attached hydrogens (tertiary/aromatic N) is 3. The molecule has 1 aromatic rings. The van der Waals surface area contributed by atoms with Crippen LogP contribution in [-0.2, 0) is 0 Å². The maximum Gasteiger partial charge on any atom is 0.407 e. The van der Waals surface area contributed by atoms with Crippen molar-refractivity contribution in [1.82, 2.24) is 9.88 Å². The van der Waals surface area contributed by atoms with E-state index in [9.17, 15) is 4.79 Å². The van der Waals surface area contributed by atoms with Crippen molar-refractivity contribution in [2.75, 3.05) is 18.0 Å². The molecule has 0 saturated carbocycles. The van der Waals surface area contributed by atoms with Crippen LogP contribution in [0.1, 0.15) is 6.42 Å². The Morgan fingerprint density at radius 3 is 3.06 bits per heavy atom. The molecule has 1 aromatic heterocycles. The fourth-order valence-corrected chi connectivity index (χ4v) is 2.68. The molecular weight excluding hydrogens is 206 g/mol. The molecule has 1 N–H and O–H groups in total. The summed E-state index contributed by atoms with van der Waals surface area (Å²) in [5, 5.41) is 8.99. The van der Waals surface area contributed by atoms with Crippen molar-refractivity contribution < 1.29 is 9.90 Å². The first-order valence-electron chi connectivity index (χ1n) is 5.43. The number of anilines is 1. The Bertz CT molecular complexity index is 409. The van der Waals surface area contributed by atoms with Gasteiger partial charge in [-0.05, 0) is 18.6 Å². The van der Waals surface area contributed by atoms with Gasteiger partial charge in [0.15, 0.2) is 0 Å². The maximum atomic E-state index is 10.9. The molecule has 3 heterocycles. The molecule has 3 rings (SSSR count). The fraction of sp³-hybridized carbons (Fsp3) is 0.455. The van der Waals surface area contributed by atoms with Crippen molar-refractivity contribution in [1.29, 1.82) is 0 Å². The molecule has 0 radical (unpaired) electrons. The Morgan fingerprint density at radius 2 is 2.38 bits per heavy atom. The Balaban J connectivity index is 1.75. The summed E-state index contributed by atoms with van der Waals surface area (Å²) in [6, 6.07) is 4.46. The zero-order chi connectivity index (χ0) is 11.1. The van der Waals surface area contributed by atoms with Crippen LogP contribution >= 0.6 is 0 Å². The monoisotopic (exact) mass is 219 g/mol. The molecule has 16 heavy (non-hydrogen) atoms. The Kier molecular flexibility index (Phi) is 1.99. The van der Waals surface area contributed by atoms with Gasteiger partial charge < -0.3 is 14.9 Å². The van der Waals surface area contributed by atoms with Gasteiger partial charge in [0.2, 0.25) is 0 Å². The second kappa shape index (κ2) is 3.37. The zero-order valence-corrected chi connectivity index (χ0v) is 8.78. The van der Waals surface area contributed by atoms with Crippen molar-refractivity contribution >= 4 is 11.8 Å². The van der Waals surface area contributed by atoms with Crippen LogP contribution in [0.3, 0.4) is 0 Å². The van der Waals surface area contributed by atoms with E-state index in [2.05, 4.69) is 9.88 Å². The lowest BCUT2D eigenvalue weighted by Crippen LogP contribution is -2.62. The van der Waals surface area contributed by atoms with E-state index in [1.54, 1.807) is 11.1 Å². The van der Waals surface area contributed by atoms with E-state index in [1.807, 2.05) is 18.3 Å². The lowest BCUT2D eigenvalue weighted by Gasteiger charge is -2.47. The molecular formula is C11H13N3O2. The summed E-state index contributed by atoms with van der Waals surface area (Å²) in [7, 11) is 0. The van der Waals surface area contributed by atoms with E-state index in [1.165, 1.54) is 0 Å². The smallest absolute Gasteiger partial charge is 0.407 e. The quantitative estimate of drug-likeness (QED) is 0.766. The number of carbonyl (C=O) groups is 1. The first-order valence-corrected chi connectivity index (χ1v) is 5.43. The van der Waals surface area contributed by atoms with Gasteiger partial charge in [0.1, 0.15) is 0 Å². The van der Waals surface area contributed by atoms with E-state index in [4.69, 9.17) is 5.11 Å². The third kappa shape index (κ3) is 1.24. The highest BCUT2D eigenvalue weighted by Gasteiger charge is 2.48. The maximum absolute atomic E-state index is 10.9. The average molecular weight is 219 g/mol. The molecule has 0 unspecified atom stereocenters. The lowest BCUT2D eigenvalue weighted by molar-refractivity contribution is 0.129. The van der Waals surface area contributed by atoms with E-state index in [-0.39, 0.29) is 6.04 Å². The molecule has 0 aliphatic carbocycles. The van der Waals surface area contributed by atoms with Crippen molar-refractivity contribution in [3.8, 4) is 0 Å². The van der Waals surface area contributed by atoms with E-state index in [0.717, 1.165) is 18.7 Å². The minimum atomic E-state index is -0.793. The zero-order valence-electron chi connectivity index (χ0n) is 8.78. The molecule has 1 amide bonds. The number of rotatable bonds is 1. The van der Waals surface area contributed by atoms with Gasteiger partial charge in [-0.25, -0.2) is 4.79 Å². The Morgan fingerprint density at radius 1 is 1.50 bits per heavy atom. The van der Waals surface area contributed by atoms with Gasteiger partial charge in [-0.15, -0.1) is 0 Å². The third-order valence-electron chi connectivity index (χ3n) is 3.52. The van der Waals surface area contributed by atoms with E-state index < -0.39 is 6.09 Å². The number of pyridine rings is 1. The van der Waals surface area contributed by atoms with E-state index >= 15 is 0 Å². The van der Waals surface area contributed by atoms with Crippen LogP contribution < -0.4 is 4.90 Å². The summed E-state index contributed by atoms with van der Waals surface area (Å²) in [5.41, 5.74) is 1.09. The molecule has 5 heteroatoms. The molecule has 5 nitrogen and oxygen atoms in total. The third-order valence-corrected chi connectivity index (χ3v) is 3.52. The number of amides is 1. The molecule has 84 valence electrons. The average Bonchev–Trinajstić information content (AvgIpc) is 2.58. The van der Waals surface area contributed by atoms with Gasteiger partial charge in [0.25, 0.3) is 0 Å². The van der Waals surface area contributed by atoms with Crippen molar-refractivity contribution in [3.63, 3.8) is 0 Å². The number of carboxylic acid groups (broad SMARTS) is 1. The van der Waals surface area contributed by atoms with Crippen LogP contribution in [0, 0.1) is 0 Å². The van der Waals surface area contributed by atoms with Crippen LogP contribution in [0.25, 0.3) is 0 Å². The topological polar surface area (TPSA) is 56.7 Å². The van der Waals surface area contributed by atoms with Crippen LogP contribution in [-0.4, -0.2) is 46.3 Å². The highest BCUT2D eigenvalue weighted by atomic mass is 16.4. The van der Waals surface area contributed by atoms with Crippen LogP contribution in [0.4, 0.5) is 10.5 Å². The van der Waals surface area contributed by atoms with Gasteiger partial charge in [0, 0.05) is 19.3 Å². The Labute approximate surface area is 93.3 Å². The summed E-state index contributed by atoms with van der Waals surface area (Å²) >= 11 is 0. The first-order chi connectivity index (χ1) is 7.77. The van der Waals surface area contributed by atoms with Crippen LogP contribution in [0.2, 0.25) is 0 Å². The molecule has 0 spiro atoms. The van der Waals surface area contributed by atoms with Gasteiger partial charge in [-0.1, -0.05) is 0 Å². The normalized spacial score (nSPS) is 27.5. The van der Waals surface area contributed by atoms with Crippen molar-refractivity contribution in [2.24, 2.45) is 0 Å². The number of hydrogen-bond donors (Lipinski definition) is 1. The lowest BCUT2D eigenvalue weighted by atomic mass is 9.96. The summed E-state index contributed by atoms with van der Waals surface area (Å²) in [4.78, 5) is 18.8. The fourth-order valence-electron chi connectivity index (χ4n) is 2.68.